The molecular formula is C26H28N2O6S. The second-order valence-electron chi connectivity index (χ2n) is 8.29. The second kappa shape index (κ2) is 11.0. The van der Waals surface area contributed by atoms with Crippen molar-refractivity contribution in [2.75, 3.05) is 13.2 Å². The molecule has 0 fully saturated rings. The molecule has 1 aromatic heterocycles. The van der Waals surface area contributed by atoms with Crippen molar-refractivity contribution in [3.63, 3.8) is 0 Å². The van der Waals surface area contributed by atoms with Gasteiger partial charge in [-0.25, -0.2) is 17.9 Å². The highest BCUT2D eigenvalue weighted by Crippen LogP contribution is 2.36. The maximum Gasteiger partial charge on any atom is 0.341 e. The fraction of sp³-hybridized carbons (Fsp3) is 0.308. The molecule has 35 heavy (non-hydrogen) atoms. The Hall–Kier alpha value is -3.27. The normalized spacial score (nSPS) is 15.4. The number of carboxylic acid groups (broad SMARTS) is 1. The monoisotopic (exact) mass is 496 g/mol. The lowest BCUT2D eigenvalue weighted by atomic mass is 9.87. The van der Waals surface area contributed by atoms with Gasteiger partial charge in [0, 0.05) is 24.4 Å². The van der Waals surface area contributed by atoms with E-state index in [0.717, 1.165) is 28.7 Å². The van der Waals surface area contributed by atoms with Crippen molar-refractivity contribution in [3.05, 3.63) is 77.5 Å². The van der Waals surface area contributed by atoms with Gasteiger partial charge in [0.05, 0.1) is 12.3 Å². The first-order chi connectivity index (χ1) is 16.9. The van der Waals surface area contributed by atoms with Gasteiger partial charge in [-0.1, -0.05) is 30.3 Å². The molecule has 2 N–H and O–H groups in total. The van der Waals surface area contributed by atoms with E-state index in [1.165, 1.54) is 6.20 Å². The number of hydrogen-bond donors (Lipinski definition) is 2. The van der Waals surface area contributed by atoms with Crippen molar-refractivity contribution in [3.8, 4) is 17.0 Å². The van der Waals surface area contributed by atoms with E-state index in [2.05, 4.69) is 9.71 Å². The molecule has 0 radical (unpaired) electrons. The predicted octanol–water partition coefficient (Wildman–Crippen LogP) is 4.10. The third kappa shape index (κ3) is 6.05. The van der Waals surface area contributed by atoms with Crippen LogP contribution in [0.2, 0.25) is 0 Å². The first-order valence-electron chi connectivity index (χ1n) is 11.5. The van der Waals surface area contributed by atoms with Gasteiger partial charge >= 0.3 is 5.97 Å². The molecule has 1 aliphatic carbocycles. The van der Waals surface area contributed by atoms with Crippen LogP contribution in [-0.4, -0.2) is 37.7 Å². The second-order valence-corrected chi connectivity index (χ2v) is 10.0. The van der Waals surface area contributed by atoms with Crippen LogP contribution >= 0.6 is 0 Å². The molecule has 8 nitrogen and oxygen atoms in total. The maximum absolute atomic E-state index is 13.2. The SMILES string of the molecule is CCOCc1cccc(-c2ccc(S(=O)(=O)NC3CCCc4c(OCC(=O)O)cccc43)cn2)c1. The zero-order valence-electron chi connectivity index (χ0n) is 19.4. The summed E-state index contributed by atoms with van der Waals surface area (Å²) in [6.45, 7) is 2.63. The summed E-state index contributed by atoms with van der Waals surface area (Å²) in [6, 6.07) is 15.9. The highest BCUT2D eigenvalue weighted by Gasteiger charge is 2.28. The molecule has 0 aliphatic heterocycles. The number of carbonyl (C=O) groups is 1. The van der Waals surface area contributed by atoms with Crippen molar-refractivity contribution < 1.29 is 27.8 Å². The number of aliphatic carboxylic acids is 1. The molecule has 0 amide bonds. The molecule has 1 heterocycles. The van der Waals surface area contributed by atoms with Crippen LogP contribution < -0.4 is 9.46 Å². The highest BCUT2D eigenvalue weighted by atomic mass is 32.2. The average molecular weight is 497 g/mol. The van der Waals surface area contributed by atoms with E-state index in [4.69, 9.17) is 14.6 Å². The third-order valence-corrected chi connectivity index (χ3v) is 7.31. The number of aromatic nitrogens is 1. The van der Waals surface area contributed by atoms with E-state index in [-0.39, 0.29) is 4.90 Å². The topological polar surface area (TPSA) is 115 Å². The van der Waals surface area contributed by atoms with Gasteiger partial charge < -0.3 is 14.6 Å². The Kier molecular flexibility index (Phi) is 7.80. The van der Waals surface area contributed by atoms with E-state index >= 15 is 0 Å². The quantitative estimate of drug-likeness (QED) is 0.434. The Morgan fingerprint density at radius 2 is 2.00 bits per heavy atom. The lowest BCUT2D eigenvalue weighted by molar-refractivity contribution is -0.139. The molecule has 9 heteroatoms. The van der Waals surface area contributed by atoms with Crippen molar-refractivity contribution in [1.29, 1.82) is 0 Å². The van der Waals surface area contributed by atoms with Crippen molar-refractivity contribution in [2.24, 2.45) is 0 Å². The summed E-state index contributed by atoms with van der Waals surface area (Å²) in [6.07, 6.45) is 3.45. The minimum Gasteiger partial charge on any atom is -0.482 e. The summed E-state index contributed by atoms with van der Waals surface area (Å²) in [5.74, 6) is -0.584. The van der Waals surface area contributed by atoms with Crippen LogP contribution in [0.5, 0.6) is 5.75 Å². The van der Waals surface area contributed by atoms with Crippen LogP contribution in [0.1, 0.15) is 42.5 Å². The van der Waals surface area contributed by atoms with Crippen molar-refractivity contribution in [2.45, 2.75) is 43.7 Å². The van der Waals surface area contributed by atoms with Crippen LogP contribution in [0, 0.1) is 0 Å². The Labute approximate surface area is 205 Å². The van der Waals surface area contributed by atoms with Gasteiger partial charge in [-0.3, -0.25) is 4.98 Å². The van der Waals surface area contributed by atoms with E-state index in [1.54, 1.807) is 24.3 Å². The van der Waals surface area contributed by atoms with Crippen LogP contribution in [0.3, 0.4) is 0 Å². The molecule has 3 aromatic rings. The van der Waals surface area contributed by atoms with Crippen LogP contribution in [-0.2, 0) is 32.6 Å². The minimum absolute atomic E-state index is 0.0807. The number of fused-ring (bicyclic) bond motifs is 1. The molecule has 0 bridgehead atoms. The molecule has 1 aliphatic rings. The Morgan fingerprint density at radius 3 is 2.74 bits per heavy atom. The summed E-state index contributed by atoms with van der Waals surface area (Å²) in [7, 11) is -3.83. The number of nitrogens with zero attached hydrogens (tertiary/aromatic N) is 1. The summed E-state index contributed by atoms with van der Waals surface area (Å²) < 4.78 is 40.0. The zero-order valence-corrected chi connectivity index (χ0v) is 20.3. The maximum atomic E-state index is 13.2. The Morgan fingerprint density at radius 1 is 1.17 bits per heavy atom. The molecule has 4 rings (SSSR count). The number of nitrogens with one attached hydrogen (secondary N) is 1. The van der Waals surface area contributed by atoms with Gasteiger partial charge in [-0.05, 0) is 67.1 Å². The average Bonchev–Trinajstić information content (AvgIpc) is 2.86. The van der Waals surface area contributed by atoms with Gasteiger partial charge in [-0.15, -0.1) is 0 Å². The smallest absolute Gasteiger partial charge is 0.341 e. The first kappa shape index (κ1) is 24.8. The van der Waals surface area contributed by atoms with E-state index in [9.17, 15) is 13.2 Å². The third-order valence-electron chi connectivity index (χ3n) is 5.86. The molecular weight excluding hydrogens is 468 g/mol. The summed E-state index contributed by atoms with van der Waals surface area (Å²) in [4.78, 5) is 15.4. The number of pyridine rings is 1. The van der Waals surface area contributed by atoms with Crippen LogP contribution in [0.4, 0.5) is 0 Å². The number of rotatable bonds is 10. The van der Waals surface area contributed by atoms with Gasteiger partial charge in [0.15, 0.2) is 6.61 Å². The Balaban J connectivity index is 1.52. The van der Waals surface area contributed by atoms with Gasteiger partial charge in [-0.2, -0.15) is 0 Å². The number of sulfonamides is 1. The van der Waals surface area contributed by atoms with E-state index in [1.807, 2.05) is 37.3 Å². The van der Waals surface area contributed by atoms with E-state index in [0.29, 0.717) is 37.5 Å². The van der Waals surface area contributed by atoms with Gasteiger partial charge in [0.1, 0.15) is 10.6 Å². The number of ether oxygens (including phenoxy) is 2. The molecule has 0 saturated heterocycles. The van der Waals surface area contributed by atoms with Crippen LogP contribution in [0.15, 0.2) is 65.7 Å². The molecule has 2 aromatic carbocycles. The molecule has 1 atom stereocenters. The zero-order chi connectivity index (χ0) is 24.8. The van der Waals surface area contributed by atoms with Crippen molar-refractivity contribution in [1.82, 2.24) is 9.71 Å². The molecule has 0 spiro atoms. The Bertz CT molecular complexity index is 1290. The number of hydrogen-bond acceptors (Lipinski definition) is 6. The van der Waals surface area contributed by atoms with Crippen molar-refractivity contribution >= 4 is 16.0 Å². The van der Waals surface area contributed by atoms with Crippen LogP contribution in [0.25, 0.3) is 11.3 Å². The minimum atomic E-state index is -3.83. The largest absolute Gasteiger partial charge is 0.482 e. The lowest BCUT2D eigenvalue weighted by Crippen LogP contribution is -2.31. The van der Waals surface area contributed by atoms with Gasteiger partial charge in [0.25, 0.3) is 0 Å². The fourth-order valence-electron chi connectivity index (χ4n) is 4.22. The fourth-order valence-corrected chi connectivity index (χ4v) is 5.41. The summed E-state index contributed by atoms with van der Waals surface area (Å²) >= 11 is 0. The molecule has 1 unspecified atom stereocenters. The molecule has 0 saturated carbocycles. The lowest BCUT2D eigenvalue weighted by Gasteiger charge is -2.27. The summed E-state index contributed by atoms with van der Waals surface area (Å²) in [5.41, 5.74) is 4.22. The number of carboxylic acids is 1. The van der Waals surface area contributed by atoms with E-state index < -0.39 is 28.6 Å². The van der Waals surface area contributed by atoms with Gasteiger partial charge in [0.2, 0.25) is 10.0 Å². The standard InChI is InChI=1S/C26H28N2O6S/c1-2-33-16-18-6-3-7-19(14-18)23-13-12-20(15-27-23)35(31,32)28-24-10-4-9-22-21(24)8-5-11-25(22)34-17-26(29)30/h3,5-8,11-15,24,28H,2,4,9-10,16-17H2,1H3,(H,29,30). The summed E-state index contributed by atoms with van der Waals surface area (Å²) in [5, 5.41) is 8.92. The molecule has 184 valence electrons. The first-order valence-corrected chi connectivity index (χ1v) is 13.0. The highest BCUT2D eigenvalue weighted by molar-refractivity contribution is 7.89. The predicted molar refractivity (Wildman–Crippen MR) is 131 cm³/mol. The number of benzene rings is 2.